The van der Waals surface area contributed by atoms with Gasteiger partial charge in [-0.1, -0.05) is 17.4 Å². The fourth-order valence-corrected chi connectivity index (χ4v) is 4.00. The second-order valence-electron chi connectivity index (χ2n) is 7.02. The van der Waals surface area contributed by atoms with E-state index in [2.05, 4.69) is 36.0 Å². The lowest BCUT2D eigenvalue weighted by atomic mass is 10.1. The summed E-state index contributed by atoms with van der Waals surface area (Å²) in [6.45, 7) is 8.46. The van der Waals surface area contributed by atoms with Crippen molar-refractivity contribution in [3.63, 3.8) is 0 Å². The van der Waals surface area contributed by atoms with Gasteiger partial charge >= 0.3 is 0 Å². The minimum absolute atomic E-state index is 0.0885. The second kappa shape index (κ2) is 8.19. The summed E-state index contributed by atoms with van der Waals surface area (Å²) in [7, 11) is 4.08. The molecule has 0 radical (unpaired) electrons. The van der Waals surface area contributed by atoms with Gasteiger partial charge in [-0.05, 0) is 71.1 Å². The lowest BCUT2D eigenvalue weighted by molar-refractivity contribution is 0.0980. The molecule has 1 aromatic carbocycles. The van der Waals surface area contributed by atoms with E-state index in [1.54, 1.807) is 27.0 Å². The Morgan fingerprint density at radius 2 is 1.96 bits per heavy atom. The van der Waals surface area contributed by atoms with Gasteiger partial charge in [0.05, 0.1) is 10.2 Å². The van der Waals surface area contributed by atoms with Crippen LogP contribution in [-0.2, 0) is 6.54 Å². The number of benzene rings is 1. The molecule has 7 heteroatoms. The number of aromatic nitrogens is 3. The monoisotopic (exact) mass is 385 g/mol. The molecule has 0 saturated heterocycles. The molecular weight excluding hydrogens is 358 g/mol. The quantitative estimate of drug-likeness (QED) is 0.622. The first-order chi connectivity index (χ1) is 12.9. The van der Waals surface area contributed by atoms with Crippen molar-refractivity contribution in [2.75, 3.05) is 32.1 Å². The van der Waals surface area contributed by atoms with Crippen molar-refractivity contribution in [2.45, 2.75) is 33.7 Å². The maximum absolute atomic E-state index is 13.2. The number of fused-ring (bicyclic) bond motifs is 1. The van der Waals surface area contributed by atoms with Gasteiger partial charge in [0.15, 0.2) is 10.8 Å². The van der Waals surface area contributed by atoms with Crippen LogP contribution in [0.1, 0.15) is 35.0 Å². The largest absolute Gasteiger partial charge is 0.309 e. The maximum atomic E-state index is 13.2. The highest BCUT2D eigenvalue weighted by molar-refractivity contribution is 7.22. The molecule has 0 bridgehead atoms. The Morgan fingerprint density at radius 1 is 1.19 bits per heavy atom. The third-order valence-electron chi connectivity index (χ3n) is 4.72. The van der Waals surface area contributed by atoms with Crippen LogP contribution < -0.4 is 4.90 Å². The molecule has 144 valence electrons. The van der Waals surface area contributed by atoms with Crippen LogP contribution in [0.4, 0.5) is 5.13 Å². The predicted molar refractivity (Wildman–Crippen MR) is 112 cm³/mol. The molecule has 27 heavy (non-hydrogen) atoms. The lowest BCUT2D eigenvalue weighted by Crippen LogP contribution is -2.33. The van der Waals surface area contributed by atoms with E-state index in [-0.39, 0.29) is 5.91 Å². The van der Waals surface area contributed by atoms with Gasteiger partial charge < -0.3 is 4.90 Å². The van der Waals surface area contributed by atoms with Gasteiger partial charge in [0, 0.05) is 19.3 Å². The van der Waals surface area contributed by atoms with Gasteiger partial charge in [-0.15, -0.1) is 0 Å². The SMILES string of the molecule is CCn1ccc(C(=O)N(CCCN(C)C)c2nc3c(C)c(C)ccc3s2)n1. The molecule has 0 unspecified atom stereocenters. The summed E-state index contributed by atoms with van der Waals surface area (Å²) in [4.78, 5) is 21.9. The highest BCUT2D eigenvalue weighted by Crippen LogP contribution is 2.32. The summed E-state index contributed by atoms with van der Waals surface area (Å²) >= 11 is 1.57. The zero-order valence-electron chi connectivity index (χ0n) is 16.7. The Hall–Kier alpha value is -2.25. The molecule has 6 nitrogen and oxygen atoms in total. The summed E-state index contributed by atoms with van der Waals surface area (Å²) in [6, 6.07) is 5.99. The van der Waals surface area contributed by atoms with Crippen LogP contribution in [0.25, 0.3) is 10.2 Å². The Bertz CT molecular complexity index is 943. The molecule has 0 atom stereocenters. The molecular formula is C20H27N5OS. The van der Waals surface area contributed by atoms with E-state index < -0.39 is 0 Å². The average molecular weight is 386 g/mol. The standard InChI is InChI=1S/C20H27N5OS/c1-6-24-13-10-16(22-24)19(26)25(12-7-11-23(4)5)20-21-18-15(3)14(2)8-9-17(18)27-20/h8-10,13H,6-7,11-12H2,1-5H3. The molecule has 0 aliphatic carbocycles. The minimum Gasteiger partial charge on any atom is -0.309 e. The highest BCUT2D eigenvalue weighted by Gasteiger charge is 2.23. The number of hydrogen-bond acceptors (Lipinski definition) is 5. The van der Waals surface area contributed by atoms with Crippen molar-refractivity contribution in [1.29, 1.82) is 0 Å². The van der Waals surface area contributed by atoms with E-state index in [1.807, 2.05) is 27.2 Å². The first kappa shape index (κ1) is 19.5. The summed E-state index contributed by atoms with van der Waals surface area (Å²) < 4.78 is 2.88. The zero-order valence-corrected chi connectivity index (χ0v) is 17.5. The predicted octanol–water partition coefficient (Wildman–Crippen LogP) is 3.73. The van der Waals surface area contributed by atoms with Crippen LogP contribution in [0.2, 0.25) is 0 Å². The van der Waals surface area contributed by atoms with E-state index in [9.17, 15) is 4.79 Å². The molecule has 3 rings (SSSR count). The first-order valence-corrected chi connectivity index (χ1v) is 10.1. The van der Waals surface area contributed by atoms with Gasteiger partial charge in [0.2, 0.25) is 0 Å². The van der Waals surface area contributed by atoms with Gasteiger partial charge in [0.1, 0.15) is 0 Å². The van der Waals surface area contributed by atoms with E-state index in [4.69, 9.17) is 4.98 Å². The topological polar surface area (TPSA) is 54.3 Å². The van der Waals surface area contributed by atoms with Crippen LogP contribution in [0, 0.1) is 13.8 Å². The summed E-state index contributed by atoms with van der Waals surface area (Å²) in [5, 5.41) is 5.14. The average Bonchev–Trinajstić information content (AvgIpc) is 3.28. The number of aryl methyl sites for hydroxylation is 3. The van der Waals surface area contributed by atoms with E-state index in [1.165, 1.54) is 11.1 Å². The molecule has 0 N–H and O–H groups in total. The number of nitrogens with zero attached hydrogens (tertiary/aromatic N) is 5. The molecule has 2 aromatic heterocycles. The normalized spacial score (nSPS) is 11.5. The van der Waals surface area contributed by atoms with Crippen LogP contribution in [0.5, 0.6) is 0 Å². The van der Waals surface area contributed by atoms with Crippen molar-refractivity contribution in [1.82, 2.24) is 19.7 Å². The summed E-state index contributed by atoms with van der Waals surface area (Å²) in [5.74, 6) is -0.0885. The van der Waals surface area contributed by atoms with Crippen molar-refractivity contribution >= 4 is 32.6 Å². The Kier molecular flexibility index (Phi) is 5.92. The molecule has 0 saturated carbocycles. The smallest absolute Gasteiger partial charge is 0.280 e. The third-order valence-corrected chi connectivity index (χ3v) is 5.76. The second-order valence-corrected chi connectivity index (χ2v) is 8.03. The van der Waals surface area contributed by atoms with E-state index in [0.717, 1.165) is 34.9 Å². The zero-order chi connectivity index (χ0) is 19.6. The van der Waals surface area contributed by atoms with Crippen LogP contribution in [0.15, 0.2) is 24.4 Å². The van der Waals surface area contributed by atoms with Crippen molar-refractivity contribution in [3.8, 4) is 0 Å². The Balaban J connectivity index is 1.96. The van der Waals surface area contributed by atoms with Crippen LogP contribution in [0.3, 0.4) is 0 Å². The van der Waals surface area contributed by atoms with Crippen molar-refractivity contribution < 1.29 is 4.79 Å². The van der Waals surface area contributed by atoms with Crippen LogP contribution in [-0.4, -0.2) is 52.8 Å². The van der Waals surface area contributed by atoms with Crippen molar-refractivity contribution in [2.24, 2.45) is 0 Å². The van der Waals surface area contributed by atoms with E-state index in [0.29, 0.717) is 12.2 Å². The number of amides is 1. The maximum Gasteiger partial charge on any atom is 0.280 e. The van der Waals surface area contributed by atoms with Crippen molar-refractivity contribution in [3.05, 3.63) is 41.2 Å². The lowest BCUT2D eigenvalue weighted by Gasteiger charge is -2.20. The highest BCUT2D eigenvalue weighted by atomic mass is 32.1. The molecule has 0 fully saturated rings. The number of carbonyl (C=O) groups excluding carboxylic acids is 1. The molecule has 3 aromatic rings. The molecule has 0 aliphatic heterocycles. The number of thiazole rings is 1. The molecule has 2 heterocycles. The number of rotatable bonds is 7. The Morgan fingerprint density at radius 3 is 2.63 bits per heavy atom. The first-order valence-electron chi connectivity index (χ1n) is 9.27. The van der Waals surface area contributed by atoms with Crippen LogP contribution >= 0.6 is 11.3 Å². The Labute approximate surface area is 164 Å². The summed E-state index contributed by atoms with van der Waals surface area (Å²) in [5.41, 5.74) is 3.84. The van der Waals surface area contributed by atoms with Gasteiger partial charge in [-0.2, -0.15) is 5.10 Å². The van der Waals surface area contributed by atoms with Gasteiger partial charge in [-0.3, -0.25) is 14.4 Å². The number of anilines is 1. The van der Waals surface area contributed by atoms with Gasteiger partial charge in [0.25, 0.3) is 5.91 Å². The fourth-order valence-electron chi connectivity index (χ4n) is 2.95. The fraction of sp³-hybridized carbons (Fsp3) is 0.450. The van der Waals surface area contributed by atoms with E-state index >= 15 is 0 Å². The molecule has 1 amide bonds. The summed E-state index contributed by atoms with van der Waals surface area (Å²) in [6.07, 6.45) is 2.72. The van der Waals surface area contributed by atoms with Gasteiger partial charge in [-0.25, -0.2) is 4.98 Å². The number of hydrogen-bond donors (Lipinski definition) is 0. The number of carbonyl (C=O) groups is 1. The molecule has 0 spiro atoms. The minimum atomic E-state index is -0.0885. The molecule has 0 aliphatic rings. The third kappa shape index (κ3) is 4.20.